The molecule has 0 atom stereocenters. The molecule has 2 aromatic carbocycles. The van der Waals surface area contributed by atoms with Crippen LogP contribution in [0.1, 0.15) is 16.1 Å². The third-order valence-electron chi connectivity index (χ3n) is 3.86. The second-order valence-electron chi connectivity index (χ2n) is 5.45. The number of hydrogen-bond acceptors (Lipinski definition) is 4. The predicted octanol–water partition coefficient (Wildman–Crippen LogP) is 3.72. The van der Waals surface area contributed by atoms with Crippen molar-refractivity contribution in [1.82, 2.24) is 4.90 Å². The summed E-state index contributed by atoms with van der Waals surface area (Å²) in [5.74, 6) is 1.50. The number of methoxy groups -OCH3 is 2. The summed E-state index contributed by atoms with van der Waals surface area (Å²) in [5, 5.41) is 1.02. The maximum atomic E-state index is 12.8. The molecule has 3 aromatic rings. The molecule has 0 aliphatic rings. The van der Waals surface area contributed by atoms with E-state index in [2.05, 4.69) is 0 Å². The Balaban J connectivity index is 1.87. The van der Waals surface area contributed by atoms with Gasteiger partial charge in [-0.3, -0.25) is 4.79 Å². The van der Waals surface area contributed by atoms with Gasteiger partial charge in [-0.1, -0.05) is 24.3 Å². The summed E-state index contributed by atoms with van der Waals surface area (Å²) < 4.78 is 16.4. The van der Waals surface area contributed by atoms with Gasteiger partial charge < -0.3 is 18.8 Å². The lowest BCUT2D eigenvalue weighted by Gasteiger charge is -2.19. The Bertz CT molecular complexity index is 813. The van der Waals surface area contributed by atoms with Crippen molar-refractivity contribution in [3.63, 3.8) is 0 Å². The number of furan rings is 1. The van der Waals surface area contributed by atoms with Crippen LogP contribution in [-0.2, 0) is 6.54 Å². The molecular weight excluding hydrogens is 306 g/mol. The standard InChI is InChI=1S/C19H19NO4/c1-20(12-14-11-13-7-4-5-8-15(13)24-14)19(21)18-16(22-2)9-6-10-17(18)23-3/h4-11H,12H2,1-3H3. The third kappa shape index (κ3) is 2.93. The fraction of sp³-hybridized carbons (Fsp3) is 0.211. The Hall–Kier alpha value is -2.95. The Kier molecular flexibility index (Phi) is 4.42. The van der Waals surface area contributed by atoms with Gasteiger partial charge in [-0.15, -0.1) is 0 Å². The summed E-state index contributed by atoms with van der Waals surface area (Å²) in [5.41, 5.74) is 1.21. The molecule has 0 aliphatic carbocycles. The van der Waals surface area contributed by atoms with Crippen LogP contribution < -0.4 is 9.47 Å². The number of benzene rings is 2. The molecule has 0 fully saturated rings. The molecule has 0 unspecified atom stereocenters. The maximum absolute atomic E-state index is 12.8. The van der Waals surface area contributed by atoms with Crippen molar-refractivity contribution in [3.8, 4) is 11.5 Å². The Labute approximate surface area is 140 Å². The fourth-order valence-electron chi connectivity index (χ4n) is 2.67. The van der Waals surface area contributed by atoms with Crippen LogP contribution in [0.5, 0.6) is 11.5 Å². The Morgan fingerprint density at radius 2 is 1.71 bits per heavy atom. The summed E-state index contributed by atoms with van der Waals surface area (Å²) in [6.45, 7) is 0.356. The van der Waals surface area contributed by atoms with Crippen LogP contribution in [0.15, 0.2) is 52.9 Å². The van der Waals surface area contributed by atoms with E-state index < -0.39 is 0 Å². The number of nitrogens with zero attached hydrogens (tertiary/aromatic N) is 1. The second-order valence-corrected chi connectivity index (χ2v) is 5.45. The lowest BCUT2D eigenvalue weighted by molar-refractivity contribution is 0.0769. The van der Waals surface area contributed by atoms with Crippen LogP contribution in [0.3, 0.4) is 0 Å². The van der Waals surface area contributed by atoms with Crippen LogP contribution in [0.2, 0.25) is 0 Å². The molecule has 1 aromatic heterocycles. The molecule has 0 spiro atoms. The zero-order valence-corrected chi connectivity index (χ0v) is 13.9. The van der Waals surface area contributed by atoms with Crippen LogP contribution in [-0.4, -0.2) is 32.1 Å². The van der Waals surface area contributed by atoms with Gasteiger partial charge in [0.1, 0.15) is 28.4 Å². The minimum absolute atomic E-state index is 0.190. The lowest BCUT2D eigenvalue weighted by Crippen LogP contribution is -2.27. The predicted molar refractivity (Wildman–Crippen MR) is 91.6 cm³/mol. The van der Waals surface area contributed by atoms with Gasteiger partial charge in [-0.2, -0.15) is 0 Å². The number of carbonyl (C=O) groups excluding carboxylic acids is 1. The lowest BCUT2D eigenvalue weighted by atomic mass is 10.1. The van der Waals surface area contributed by atoms with Crippen molar-refractivity contribution >= 4 is 16.9 Å². The van der Waals surface area contributed by atoms with Gasteiger partial charge in [-0.05, 0) is 24.3 Å². The van der Waals surface area contributed by atoms with Gasteiger partial charge >= 0.3 is 0 Å². The van der Waals surface area contributed by atoms with Crippen LogP contribution in [0, 0.1) is 0 Å². The molecule has 0 N–H and O–H groups in total. The van der Waals surface area contributed by atoms with Gasteiger partial charge in [0, 0.05) is 12.4 Å². The van der Waals surface area contributed by atoms with Gasteiger partial charge in [0.25, 0.3) is 5.91 Å². The molecule has 24 heavy (non-hydrogen) atoms. The average Bonchev–Trinajstić information content (AvgIpc) is 3.02. The van der Waals surface area contributed by atoms with Crippen molar-refractivity contribution in [2.24, 2.45) is 0 Å². The van der Waals surface area contributed by atoms with E-state index >= 15 is 0 Å². The molecule has 0 radical (unpaired) electrons. The summed E-state index contributed by atoms with van der Waals surface area (Å²) >= 11 is 0. The number of hydrogen-bond donors (Lipinski definition) is 0. The first-order valence-electron chi connectivity index (χ1n) is 7.58. The Morgan fingerprint density at radius 3 is 2.33 bits per heavy atom. The van der Waals surface area contributed by atoms with Crippen LogP contribution in [0.25, 0.3) is 11.0 Å². The summed E-state index contributed by atoms with van der Waals surface area (Å²) in [4.78, 5) is 14.4. The van der Waals surface area contributed by atoms with Gasteiger partial charge in [-0.25, -0.2) is 0 Å². The monoisotopic (exact) mass is 325 g/mol. The molecule has 1 heterocycles. The number of carbonyl (C=O) groups is 1. The SMILES string of the molecule is COc1cccc(OC)c1C(=O)N(C)Cc1cc2ccccc2o1. The first-order chi connectivity index (χ1) is 11.6. The minimum atomic E-state index is -0.190. The van der Waals surface area contributed by atoms with E-state index in [9.17, 15) is 4.79 Å². The number of ether oxygens (including phenoxy) is 2. The summed E-state index contributed by atoms with van der Waals surface area (Å²) in [7, 11) is 4.79. The molecule has 3 rings (SSSR count). The smallest absolute Gasteiger partial charge is 0.261 e. The van der Waals surface area contributed by atoms with Crippen molar-refractivity contribution in [2.45, 2.75) is 6.54 Å². The van der Waals surface area contributed by atoms with E-state index in [1.54, 1.807) is 30.1 Å². The van der Waals surface area contributed by atoms with E-state index in [1.807, 2.05) is 30.3 Å². The van der Waals surface area contributed by atoms with Crippen molar-refractivity contribution < 1.29 is 18.7 Å². The second kappa shape index (κ2) is 6.66. The minimum Gasteiger partial charge on any atom is -0.496 e. The first-order valence-corrected chi connectivity index (χ1v) is 7.58. The fourth-order valence-corrected chi connectivity index (χ4v) is 2.67. The quantitative estimate of drug-likeness (QED) is 0.717. The molecule has 0 saturated heterocycles. The highest BCUT2D eigenvalue weighted by atomic mass is 16.5. The molecule has 124 valence electrons. The molecule has 0 saturated carbocycles. The normalized spacial score (nSPS) is 10.6. The molecule has 5 nitrogen and oxygen atoms in total. The van der Waals surface area contributed by atoms with Crippen molar-refractivity contribution in [2.75, 3.05) is 21.3 Å². The number of fused-ring (bicyclic) bond motifs is 1. The summed E-state index contributed by atoms with van der Waals surface area (Å²) in [6.07, 6.45) is 0. The van der Waals surface area contributed by atoms with Crippen LogP contribution in [0.4, 0.5) is 0 Å². The highest BCUT2D eigenvalue weighted by molar-refractivity contribution is 5.99. The highest BCUT2D eigenvalue weighted by Crippen LogP contribution is 2.30. The van der Waals surface area contributed by atoms with E-state index in [1.165, 1.54) is 14.2 Å². The number of rotatable bonds is 5. The molecular formula is C19H19NO4. The third-order valence-corrected chi connectivity index (χ3v) is 3.86. The number of amides is 1. The molecule has 0 bridgehead atoms. The zero-order valence-electron chi connectivity index (χ0n) is 13.9. The van der Waals surface area contributed by atoms with E-state index in [0.717, 1.165) is 16.7 Å². The first kappa shape index (κ1) is 15.9. The average molecular weight is 325 g/mol. The molecule has 1 amide bonds. The highest BCUT2D eigenvalue weighted by Gasteiger charge is 2.22. The maximum Gasteiger partial charge on any atom is 0.261 e. The van der Waals surface area contributed by atoms with Crippen LogP contribution >= 0.6 is 0 Å². The zero-order chi connectivity index (χ0) is 17.1. The molecule has 5 heteroatoms. The van der Waals surface area contributed by atoms with Crippen molar-refractivity contribution in [3.05, 3.63) is 59.9 Å². The van der Waals surface area contributed by atoms with Gasteiger partial charge in [0.15, 0.2) is 0 Å². The Morgan fingerprint density at radius 1 is 1.04 bits per heavy atom. The van der Waals surface area contributed by atoms with E-state index in [-0.39, 0.29) is 5.91 Å². The van der Waals surface area contributed by atoms with E-state index in [0.29, 0.717) is 23.6 Å². The largest absolute Gasteiger partial charge is 0.496 e. The van der Waals surface area contributed by atoms with Gasteiger partial charge in [0.2, 0.25) is 0 Å². The number of para-hydroxylation sites is 1. The van der Waals surface area contributed by atoms with E-state index in [4.69, 9.17) is 13.9 Å². The summed E-state index contributed by atoms with van der Waals surface area (Å²) in [6, 6.07) is 15.0. The molecule has 0 aliphatic heterocycles. The van der Waals surface area contributed by atoms with Crippen molar-refractivity contribution in [1.29, 1.82) is 0 Å². The topological polar surface area (TPSA) is 51.9 Å². The van der Waals surface area contributed by atoms with Gasteiger partial charge in [0.05, 0.1) is 20.8 Å².